The van der Waals surface area contributed by atoms with Crippen LogP contribution in [0.3, 0.4) is 0 Å². The number of nitrogens with zero attached hydrogens (tertiary/aromatic N) is 1. The van der Waals surface area contributed by atoms with E-state index < -0.39 is 28.5 Å². The molecule has 0 saturated carbocycles. The fourth-order valence-corrected chi connectivity index (χ4v) is 2.56. The molecule has 0 spiro atoms. The molecule has 0 aliphatic carbocycles. The quantitative estimate of drug-likeness (QED) is 0.590. The SMILES string of the molecule is C#CCNC(=O)COC(=O)c1cc(S(=O)(=O)N(C)C)ccc1Cl. The Bertz CT molecular complexity index is 753. The molecule has 0 atom stereocenters. The molecule has 9 heteroatoms. The molecule has 1 aromatic rings. The van der Waals surface area contributed by atoms with Gasteiger partial charge < -0.3 is 10.1 Å². The molecule has 7 nitrogen and oxygen atoms in total. The number of nitrogens with one attached hydrogen (secondary N) is 1. The van der Waals surface area contributed by atoms with Crippen molar-refractivity contribution in [3.8, 4) is 12.3 Å². The van der Waals surface area contributed by atoms with Gasteiger partial charge in [-0.15, -0.1) is 6.42 Å². The molecule has 1 aromatic carbocycles. The first-order valence-electron chi connectivity index (χ1n) is 6.29. The normalized spacial score (nSPS) is 10.9. The average Bonchev–Trinajstić information content (AvgIpc) is 2.50. The van der Waals surface area contributed by atoms with E-state index in [4.69, 9.17) is 22.8 Å². The van der Waals surface area contributed by atoms with Gasteiger partial charge in [0.25, 0.3) is 5.91 Å². The molecule has 23 heavy (non-hydrogen) atoms. The van der Waals surface area contributed by atoms with Crippen LogP contribution < -0.4 is 5.32 Å². The van der Waals surface area contributed by atoms with Crippen LogP contribution in [0.15, 0.2) is 23.1 Å². The number of amides is 1. The fourth-order valence-electron chi connectivity index (χ4n) is 1.44. The first-order valence-corrected chi connectivity index (χ1v) is 8.11. The second-order valence-electron chi connectivity index (χ2n) is 4.49. The van der Waals surface area contributed by atoms with Crippen molar-refractivity contribution >= 4 is 33.5 Å². The van der Waals surface area contributed by atoms with Crippen LogP contribution in [0, 0.1) is 12.3 Å². The topological polar surface area (TPSA) is 92.8 Å². The number of carbonyl (C=O) groups excluding carboxylic acids is 2. The summed E-state index contributed by atoms with van der Waals surface area (Å²) < 4.78 is 29.9. The largest absolute Gasteiger partial charge is 0.452 e. The third kappa shape index (κ3) is 4.96. The van der Waals surface area contributed by atoms with Crippen LogP contribution in [0.5, 0.6) is 0 Å². The summed E-state index contributed by atoms with van der Waals surface area (Å²) in [6, 6.07) is 3.64. The summed E-state index contributed by atoms with van der Waals surface area (Å²) in [5.74, 6) is 0.703. The number of sulfonamides is 1. The molecule has 0 saturated heterocycles. The molecule has 1 N–H and O–H groups in total. The van der Waals surface area contributed by atoms with E-state index in [2.05, 4.69) is 11.2 Å². The van der Waals surface area contributed by atoms with Crippen LogP contribution in [0.2, 0.25) is 5.02 Å². The van der Waals surface area contributed by atoms with Crippen LogP contribution in [0.4, 0.5) is 0 Å². The average molecular weight is 359 g/mol. The minimum Gasteiger partial charge on any atom is -0.452 e. The number of hydrogen-bond acceptors (Lipinski definition) is 5. The van der Waals surface area contributed by atoms with Crippen LogP contribution in [0.1, 0.15) is 10.4 Å². The van der Waals surface area contributed by atoms with Gasteiger partial charge in [0, 0.05) is 14.1 Å². The Balaban J connectivity index is 2.94. The van der Waals surface area contributed by atoms with E-state index in [1.165, 1.54) is 26.2 Å². The summed E-state index contributed by atoms with van der Waals surface area (Å²) in [7, 11) is -1.01. The van der Waals surface area contributed by atoms with Gasteiger partial charge in [-0.25, -0.2) is 17.5 Å². The zero-order valence-corrected chi connectivity index (χ0v) is 14.1. The number of hydrogen-bond donors (Lipinski definition) is 1. The standard InChI is InChI=1S/C14H15ClN2O5S/c1-4-7-16-13(18)9-22-14(19)11-8-10(5-6-12(11)15)23(20,21)17(2)3/h1,5-6,8H,7,9H2,2-3H3,(H,16,18). The number of carbonyl (C=O) groups is 2. The van der Waals surface area contributed by atoms with Gasteiger partial charge in [0.05, 0.1) is 22.0 Å². The van der Waals surface area contributed by atoms with Crippen molar-refractivity contribution in [2.45, 2.75) is 4.90 Å². The minimum absolute atomic E-state index is 0.00764. The Kier molecular flexibility index (Phi) is 6.57. The van der Waals surface area contributed by atoms with Gasteiger partial charge in [-0.05, 0) is 18.2 Å². The highest BCUT2D eigenvalue weighted by Gasteiger charge is 2.21. The van der Waals surface area contributed by atoms with Crippen molar-refractivity contribution in [3.05, 3.63) is 28.8 Å². The Morgan fingerprint density at radius 1 is 1.39 bits per heavy atom. The molecule has 0 fully saturated rings. The Morgan fingerprint density at radius 2 is 2.04 bits per heavy atom. The van der Waals surface area contributed by atoms with Crippen molar-refractivity contribution in [2.24, 2.45) is 0 Å². The highest BCUT2D eigenvalue weighted by Crippen LogP contribution is 2.22. The van der Waals surface area contributed by atoms with E-state index in [9.17, 15) is 18.0 Å². The molecular formula is C14H15ClN2O5S. The lowest BCUT2D eigenvalue weighted by molar-refractivity contribution is -0.123. The lowest BCUT2D eigenvalue weighted by atomic mass is 10.2. The van der Waals surface area contributed by atoms with Crippen molar-refractivity contribution in [1.29, 1.82) is 0 Å². The predicted molar refractivity (Wildman–Crippen MR) is 84.5 cm³/mol. The Labute approximate surface area is 139 Å². The lowest BCUT2D eigenvalue weighted by Gasteiger charge is -2.13. The molecule has 0 aliphatic heterocycles. The number of rotatable bonds is 6. The summed E-state index contributed by atoms with van der Waals surface area (Å²) >= 11 is 5.88. The number of esters is 1. The van der Waals surface area contributed by atoms with Gasteiger partial charge in [-0.2, -0.15) is 0 Å². The van der Waals surface area contributed by atoms with Crippen LogP contribution >= 0.6 is 11.6 Å². The van der Waals surface area contributed by atoms with Crippen molar-refractivity contribution < 1.29 is 22.7 Å². The van der Waals surface area contributed by atoms with Crippen molar-refractivity contribution in [3.63, 3.8) is 0 Å². The Morgan fingerprint density at radius 3 is 2.61 bits per heavy atom. The highest BCUT2D eigenvalue weighted by atomic mass is 35.5. The van der Waals surface area contributed by atoms with E-state index in [1.807, 2.05) is 0 Å². The van der Waals surface area contributed by atoms with Gasteiger partial charge in [-0.1, -0.05) is 17.5 Å². The molecule has 0 bridgehead atoms. The second kappa shape index (κ2) is 7.97. The van der Waals surface area contributed by atoms with E-state index >= 15 is 0 Å². The number of benzene rings is 1. The maximum absolute atomic E-state index is 12.1. The summed E-state index contributed by atoms with van der Waals surface area (Å²) in [6.07, 6.45) is 4.97. The lowest BCUT2D eigenvalue weighted by Crippen LogP contribution is -2.29. The monoisotopic (exact) mass is 358 g/mol. The Hall–Kier alpha value is -2.08. The first-order chi connectivity index (χ1) is 10.7. The maximum Gasteiger partial charge on any atom is 0.340 e. The molecule has 0 radical (unpaired) electrons. The van der Waals surface area contributed by atoms with Crippen LogP contribution in [-0.2, 0) is 19.6 Å². The van der Waals surface area contributed by atoms with E-state index in [0.29, 0.717) is 0 Å². The van der Waals surface area contributed by atoms with Crippen LogP contribution in [-0.4, -0.2) is 51.8 Å². The molecular weight excluding hydrogens is 344 g/mol. The molecule has 0 unspecified atom stereocenters. The third-order valence-electron chi connectivity index (χ3n) is 2.66. The van der Waals surface area contributed by atoms with E-state index in [0.717, 1.165) is 10.4 Å². The summed E-state index contributed by atoms with van der Waals surface area (Å²) in [5.41, 5.74) is -0.153. The molecule has 0 aliphatic rings. The molecule has 0 heterocycles. The number of halogens is 1. The molecule has 0 aromatic heterocycles. The number of ether oxygens (including phenoxy) is 1. The molecule has 1 rings (SSSR count). The van der Waals surface area contributed by atoms with Gasteiger partial charge in [0.15, 0.2) is 6.61 Å². The summed E-state index contributed by atoms with van der Waals surface area (Å²) in [6.45, 7) is -0.546. The third-order valence-corrected chi connectivity index (χ3v) is 4.80. The fraction of sp³-hybridized carbons (Fsp3) is 0.286. The second-order valence-corrected chi connectivity index (χ2v) is 7.05. The van der Waals surface area contributed by atoms with E-state index in [-0.39, 0.29) is 22.0 Å². The minimum atomic E-state index is -3.73. The molecule has 124 valence electrons. The first kappa shape index (κ1) is 19.0. The van der Waals surface area contributed by atoms with Gasteiger partial charge in [0.2, 0.25) is 10.0 Å². The van der Waals surface area contributed by atoms with Crippen molar-refractivity contribution in [1.82, 2.24) is 9.62 Å². The van der Waals surface area contributed by atoms with E-state index in [1.54, 1.807) is 0 Å². The van der Waals surface area contributed by atoms with Gasteiger partial charge >= 0.3 is 5.97 Å². The maximum atomic E-state index is 12.1. The van der Waals surface area contributed by atoms with Crippen LogP contribution in [0.25, 0.3) is 0 Å². The zero-order valence-electron chi connectivity index (χ0n) is 12.5. The van der Waals surface area contributed by atoms with Gasteiger partial charge in [-0.3, -0.25) is 4.79 Å². The molecule has 1 amide bonds. The van der Waals surface area contributed by atoms with Crippen molar-refractivity contribution in [2.75, 3.05) is 27.2 Å². The zero-order chi connectivity index (χ0) is 17.6. The summed E-state index contributed by atoms with van der Waals surface area (Å²) in [5, 5.41) is 2.33. The smallest absolute Gasteiger partial charge is 0.340 e. The van der Waals surface area contributed by atoms with Gasteiger partial charge in [0.1, 0.15) is 0 Å². The highest BCUT2D eigenvalue weighted by molar-refractivity contribution is 7.89. The summed E-state index contributed by atoms with van der Waals surface area (Å²) in [4.78, 5) is 23.2. The number of terminal acetylenes is 1. The predicted octanol–water partition coefficient (Wildman–Crippen LogP) is 0.496.